The fraction of sp³-hybridized carbons (Fsp3) is 0.409. The molecule has 4 heterocycles. The second kappa shape index (κ2) is 7.83. The number of hydrogen-bond donors (Lipinski definition) is 0. The number of rotatable bonds is 4. The minimum atomic E-state index is -0.109. The first-order chi connectivity index (χ1) is 14.3. The van der Waals surface area contributed by atoms with Crippen LogP contribution in [0.4, 0.5) is 0 Å². The molecule has 0 bridgehead atoms. The largest absolute Gasteiger partial charge is 0.490 e. The zero-order valence-corrected chi connectivity index (χ0v) is 16.2. The van der Waals surface area contributed by atoms with Crippen molar-refractivity contribution < 1.29 is 14.3 Å². The third-order valence-corrected chi connectivity index (χ3v) is 5.80. The zero-order valence-electron chi connectivity index (χ0n) is 16.2. The molecule has 5 rings (SSSR count). The van der Waals surface area contributed by atoms with Crippen molar-refractivity contribution in [1.82, 2.24) is 19.4 Å². The van der Waals surface area contributed by atoms with Crippen molar-refractivity contribution >= 4 is 16.8 Å². The number of nitrogens with zero attached hydrogens (tertiary/aromatic N) is 4. The van der Waals surface area contributed by atoms with E-state index >= 15 is 0 Å². The summed E-state index contributed by atoms with van der Waals surface area (Å²) in [6, 6.07) is 10.5. The summed E-state index contributed by atoms with van der Waals surface area (Å²) < 4.78 is 14.2. The van der Waals surface area contributed by atoms with Crippen molar-refractivity contribution in [2.45, 2.75) is 31.4 Å². The molecular weight excluding hydrogens is 368 g/mol. The summed E-state index contributed by atoms with van der Waals surface area (Å²) >= 11 is 0. The Bertz CT molecular complexity index is 990. The SMILES string of the molecule is O=C(c1ncccn1)N1CCC(Oc2cccc3c2ccn3C2CCOC2)CC1. The van der Waals surface area contributed by atoms with Crippen LogP contribution in [0.1, 0.15) is 35.9 Å². The highest BCUT2D eigenvalue weighted by atomic mass is 16.5. The topological polar surface area (TPSA) is 69.5 Å². The van der Waals surface area contributed by atoms with E-state index in [2.05, 4.69) is 38.9 Å². The van der Waals surface area contributed by atoms with Gasteiger partial charge in [0, 0.05) is 56.5 Å². The lowest BCUT2D eigenvalue weighted by molar-refractivity contribution is 0.0586. The Balaban J connectivity index is 1.26. The van der Waals surface area contributed by atoms with Crippen LogP contribution < -0.4 is 4.74 Å². The molecule has 0 aliphatic carbocycles. The first-order valence-electron chi connectivity index (χ1n) is 10.2. The molecule has 1 atom stereocenters. The first kappa shape index (κ1) is 18.1. The molecular formula is C22H24N4O3. The quantitative estimate of drug-likeness (QED) is 0.683. The van der Waals surface area contributed by atoms with E-state index in [9.17, 15) is 4.79 Å². The van der Waals surface area contributed by atoms with Gasteiger partial charge >= 0.3 is 0 Å². The molecule has 0 spiro atoms. The number of carbonyl (C=O) groups excluding carboxylic acids is 1. The van der Waals surface area contributed by atoms with Gasteiger partial charge in [-0.05, 0) is 30.7 Å². The lowest BCUT2D eigenvalue weighted by Crippen LogP contribution is -2.42. The molecule has 7 nitrogen and oxygen atoms in total. The summed E-state index contributed by atoms with van der Waals surface area (Å²) in [5.41, 5.74) is 1.19. The van der Waals surface area contributed by atoms with Crippen LogP contribution in [-0.4, -0.2) is 57.7 Å². The predicted molar refractivity (Wildman–Crippen MR) is 108 cm³/mol. The summed E-state index contributed by atoms with van der Waals surface area (Å²) in [5, 5.41) is 1.13. The normalized spacial score (nSPS) is 20.3. The highest BCUT2D eigenvalue weighted by Crippen LogP contribution is 2.32. The lowest BCUT2D eigenvalue weighted by atomic mass is 10.1. The predicted octanol–water partition coefficient (Wildman–Crippen LogP) is 3.08. The molecule has 1 aromatic carbocycles. The van der Waals surface area contributed by atoms with Gasteiger partial charge in [-0.25, -0.2) is 9.97 Å². The van der Waals surface area contributed by atoms with Gasteiger partial charge in [0.05, 0.1) is 18.2 Å². The van der Waals surface area contributed by atoms with Crippen LogP contribution in [-0.2, 0) is 4.74 Å². The second-order valence-electron chi connectivity index (χ2n) is 7.61. The number of fused-ring (bicyclic) bond motifs is 1. The summed E-state index contributed by atoms with van der Waals surface area (Å²) in [5.74, 6) is 1.06. The Hall–Kier alpha value is -2.93. The van der Waals surface area contributed by atoms with E-state index in [1.165, 1.54) is 5.52 Å². The van der Waals surface area contributed by atoms with E-state index in [0.29, 0.717) is 19.1 Å². The third kappa shape index (κ3) is 3.58. The van der Waals surface area contributed by atoms with Crippen LogP contribution in [0.15, 0.2) is 48.9 Å². The number of ether oxygens (including phenoxy) is 2. The summed E-state index contributed by atoms with van der Waals surface area (Å²) in [6.07, 6.45) is 8.07. The molecule has 2 saturated heterocycles. The molecule has 2 aliphatic heterocycles. The lowest BCUT2D eigenvalue weighted by Gasteiger charge is -2.31. The number of aromatic nitrogens is 3. The van der Waals surface area contributed by atoms with E-state index in [0.717, 1.165) is 43.6 Å². The van der Waals surface area contributed by atoms with Crippen LogP contribution in [0.5, 0.6) is 5.75 Å². The average Bonchev–Trinajstić information content (AvgIpc) is 3.44. The summed E-state index contributed by atoms with van der Waals surface area (Å²) in [4.78, 5) is 22.5. The smallest absolute Gasteiger partial charge is 0.291 e. The number of carbonyl (C=O) groups is 1. The third-order valence-electron chi connectivity index (χ3n) is 5.80. The molecule has 2 aliphatic rings. The van der Waals surface area contributed by atoms with Gasteiger partial charge in [-0.2, -0.15) is 0 Å². The highest BCUT2D eigenvalue weighted by Gasteiger charge is 2.27. The molecule has 2 fully saturated rings. The fourth-order valence-corrected chi connectivity index (χ4v) is 4.23. The molecule has 150 valence electrons. The summed E-state index contributed by atoms with van der Waals surface area (Å²) in [7, 11) is 0. The van der Waals surface area contributed by atoms with Crippen molar-refractivity contribution in [2.75, 3.05) is 26.3 Å². The minimum Gasteiger partial charge on any atom is -0.490 e. The highest BCUT2D eigenvalue weighted by molar-refractivity contribution is 5.90. The Morgan fingerprint density at radius 1 is 1.07 bits per heavy atom. The second-order valence-corrected chi connectivity index (χ2v) is 7.61. The van der Waals surface area contributed by atoms with E-state index in [-0.39, 0.29) is 17.8 Å². The fourth-order valence-electron chi connectivity index (χ4n) is 4.23. The van der Waals surface area contributed by atoms with Gasteiger partial charge in [0.1, 0.15) is 11.9 Å². The van der Waals surface area contributed by atoms with Gasteiger partial charge in [-0.15, -0.1) is 0 Å². The first-order valence-corrected chi connectivity index (χ1v) is 10.2. The Morgan fingerprint density at radius 2 is 1.90 bits per heavy atom. The Morgan fingerprint density at radius 3 is 2.66 bits per heavy atom. The van der Waals surface area contributed by atoms with Crippen molar-refractivity contribution in [2.24, 2.45) is 0 Å². The molecule has 2 aromatic heterocycles. The van der Waals surface area contributed by atoms with Gasteiger partial charge in [0.25, 0.3) is 5.91 Å². The molecule has 3 aromatic rings. The van der Waals surface area contributed by atoms with Gasteiger partial charge < -0.3 is 18.9 Å². The zero-order chi connectivity index (χ0) is 19.6. The minimum absolute atomic E-state index is 0.0968. The standard InChI is InChI=1S/C22H24N4O3/c27-22(21-23-9-2-10-24-21)25-11-5-17(6-12-25)29-20-4-1-3-19-18(20)7-13-26(19)16-8-14-28-15-16/h1-4,7,9-10,13,16-17H,5-6,8,11-12,14-15H2. The Labute approximate surface area is 169 Å². The van der Waals surface area contributed by atoms with Crippen molar-refractivity contribution in [3.63, 3.8) is 0 Å². The van der Waals surface area contributed by atoms with Crippen LogP contribution in [0.25, 0.3) is 10.9 Å². The maximum Gasteiger partial charge on any atom is 0.291 e. The molecule has 29 heavy (non-hydrogen) atoms. The number of likely N-dealkylation sites (tertiary alicyclic amines) is 1. The molecule has 0 saturated carbocycles. The van der Waals surface area contributed by atoms with Crippen LogP contribution in [0.2, 0.25) is 0 Å². The molecule has 1 amide bonds. The number of benzene rings is 1. The van der Waals surface area contributed by atoms with E-state index in [4.69, 9.17) is 9.47 Å². The Kier molecular flexibility index (Phi) is 4.89. The summed E-state index contributed by atoms with van der Waals surface area (Å²) in [6.45, 7) is 2.90. The van der Waals surface area contributed by atoms with Gasteiger partial charge in [-0.3, -0.25) is 4.79 Å². The van der Waals surface area contributed by atoms with E-state index < -0.39 is 0 Å². The number of piperidine rings is 1. The molecule has 7 heteroatoms. The number of hydrogen-bond acceptors (Lipinski definition) is 5. The van der Waals surface area contributed by atoms with Crippen molar-refractivity contribution in [1.29, 1.82) is 0 Å². The average molecular weight is 392 g/mol. The molecule has 1 unspecified atom stereocenters. The van der Waals surface area contributed by atoms with Gasteiger partial charge in [0.15, 0.2) is 0 Å². The van der Waals surface area contributed by atoms with Crippen LogP contribution >= 0.6 is 0 Å². The van der Waals surface area contributed by atoms with Crippen molar-refractivity contribution in [3.8, 4) is 5.75 Å². The monoisotopic (exact) mass is 392 g/mol. The molecule has 0 radical (unpaired) electrons. The van der Waals surface area contributed by atoms with Crippen LogP contribution in [0.3, 0.4) is 0 Å². The van der Waals surface area contributed by atoms with Gasteiger partial charge in [-0.1, -0.05) is 6.07 Å². The van der Waals surface area contributed by atoms with Crippen LogP contribution in [0, 0.1) is 0 Å². The number of amides is 1. The molecule has 0 N–H and O–H groups in total. The maximum absolute atomic E-state index is 12.5. The van der Waals surface area contributed by atoms with E-state index in [1.807, 2.05) is 11.0 Å². The maximum atomic E-state index is 12.5. The van der Waals surface area contributed by atoms with Gasteiger partial charge in [0.2, 0.25) is 5.82 Å². The van der Waals surface area contributed by atoms with Crippen molar-refractivity contribution in [3.05, 3.63) is 54.7 Å². The van der Waals surface area contributed by atoms with E-state index in [1.54, 1.807) is 18.5 Å².